The second kappa shape index (κ2) is 13.0. The van der Waals surface area contributed by atoms with Crippen LogP contribution in [0.3, 0.4) is 0 Å². The van der Waals surface area contributed by atoms with Crippen molar-refractivity contribution in [3.8, 4) is 0 Å². The van der Waals surface area contributed by atoms with Crippen molar-refractivity contribution in [3.05, 3.63) is 13.2 Å². The predicted molar refractivity (Wildman–Crippen MR) is 56.5 cm³/mol. The first-order valence-corrected chi connectivity index (χ1v) is 15.5. The molecule has 2 fully saturated rings. The van der Waals surface area contributed by atoms with Gasteiger partial charge in [0.25, 0.3) is 0 Å². The molecule has 0 unspecified atom stereocenters. The second-order valence-electron chi connectivity index (χ2n) is 2.61. The molecule has 2 aliphatic heterocycles. The monoisotopic (exact) mass is 336 g/mol. The van der Waals surface area contributed by atoms with E-state index in [1.807, 2.05) is 13.2 Å². The Hall–Kier alpha value is 1.89. The summed E-state index contributed by atoms with van der Waals surface area (Å²) >= 11 is -2.22. The van der Waals surface area contributed by atoms with Gasteiger partial charge in [-0.1, -0.05) is 12.8 Å². The van der Waals surface area contributed by atoms with Crippen LogP contribution in [0.5, 0.6) is 0 Å². The molecule has 0 aliphatic carbocycles. The Morgan fingerprint density at radius 2 is 1.21 bits per heavy atom. The van der Waals surface area contributed by atoms with Crippen LogP contribution in [0.2, 0.25) is 0 Å². The second-order valence-corrected chi connectivity index (χ2v) is 15.5. The molecule has 2 rings (SSSR count). The van der Waals surface area contributed by atoms with E-state index in [9.17, 15) is 0 Å². The molecule has 0 N–H and O–H groups in total. The van der Waals surface area contributed by atoms with Crippen LogP contribution < -0.4 is 0 Å². The molecule has 0 bridgehead atoms. The molecule has 2 aliphatic rings. The minimum absolute atomic E-state index is 0.944. The zero-order valence-corrected chi connectivity index (χ0v) is 13.0. The van der Waals surface area contributed by atoms with Gasteiger partial charge in [-0.2, -0.15) is 12.8 Å². The molecule has 84 valence electrons. The van der Waals surface area contributed by atoms with Gasteiger partial charge in [-0.05, 0) is 0 Å². The summed E-state index contributed by atoms with van der Waals surface area (Å²) in [5.41, 5.74) is 0. The third kappa shape index (κ3) is 16.3. The minimum atomic E-state index is -2.22. The Kier molecular flexibility index (Phi) is 14.7. The number of halogens is 3. The fraction of sp³-hybridized carbons (Fsp3) is 0.750. The molecule has 2 saturated heterocycles. The molecule has 0 spiro atoms. The molecule has 0 amide bonds. The van der Waals surface area contributed by atoms with Crippen molar-refractivity contribution in [1.82, 2.24) is 0 Å². The summed E-state index contributed by atoms with van der Waals surface area (Å²) in [4.78, 5) is 0. The van der Waals surface area contributed by atoms with Crippen molar-refractivity contribution in [1.29, 1.82) is 0 Å². The van der Waals surface area contributed by atoms with Crippen LogP contribution in [0.1, 0.15) is 25.7 Å². The van der Waals surface area contributed by atoms with Crippen molar-refractivity contribution in [3.63, 3.8) is 0 Å². The van der Waals surface area contributed by atoms with Gasteiger partial charge in [0.2, 0.25) is 0 Å². The molecular formula is C8H14Cl3O2Y-2. The van der Waals surface area contributed by atoms with E-state index in [4.69, 9.17) is 31.5 Å². The third-order valence-corrected chi connectivity index (χ3v) is 1.40. The molecule has 2 heterocycles. The summed E-state index contributed by atoms with van der Waals surface area (Å²) in [6.07, 6.45) is 4.75. The van der Waals surface area contributed by atoms with Crippen LogP contribution >= 0.6 is 22.0 Å². The van der Waals surface area contributed by atoms with Crippen LogP contribution in [0.4, 0.5) is 0 Å². The Labute approximate surface area is 106 Å². The average molecular weight is 337 g/mol. The van der Waals surface area contributed by atoms with Gasteiger partial charge in [0.1, 0.15) is 0 Å². The quantitative estimate of drug-likeness (QED) is 0.623. The topological polar surface area (TPSA) is 18.5 Å². The number of hydrogen-bond acceptors (Lipinski definition) is 2. The van der Waals surface area contributed by atoms with E-state index >= 15 is 0 Å². The van der Waals surface area contributed by atoms with Gasteiger partial charge >= 0.3 is 45.3 Å². The van der Waals surface area contributed by atoms with Crippen molar-refractivity contribution in [2.75, 3.05) is 13.2 Å². The van der Waals surface area contributed by atoms with Crippen LogP contribution in [0.25, 0.3) is 0 Å². The fourth-order valence-corrected chi connectivity index (χ4v) is 0.833. The molecule has 0 aromatic heterocycles. The first kappa shape index (κ1) is 15.9. The Morgan fingerprint density at radius 3 is 1.29 bits per heavy atom. The summed E-state index contributed by atoms with van der Waals surface area (Å²) in [5, 5.41) is 0. The van der Waals surface area contributed by atoms with Crippen molar-refractivity contribution >= 4 is 22.0 Å². The van der Waals surface area contributed by atoms with Gasteiger partial charge in [-0.3, -0.25) is 0 Å². The molecule has 0 atom stereocenters. The van der Waals surface area contributed by atoms with Gasteiger partial charge in [-0.15, -0.1) is 0 Å². The zero-order chi connectivity index (χ0) is 10.6. The summed E-state index contributed by atoms with van der Waals surface area (Å²) in [5.74, 6) is 0. The summed E-state index contributed by atoms with van der Waals surface area (Å²) in [6, 6.07) is 0. The molecule has 0 saturated carbocycles. The van der Waals surface area contributed by atoms with Gasteiger partial charge in [0, 0.05) is 13.2 Å². The summed E-state index contributed by atoms with van der Waals surface area (Å²) in [7, 11) is 15.0. The first-order chi connectivity index (χ1) is 6.73. The Bertz CT molecular complexity index is 80.8. The normalized spacial score (nSPS) is 19.1. The molecule has 0 aromatic rings. The van der Waals surface area contributed by atoms with Gasteiger partial charge in [0.15, 0.2) is 0 Å². The van der Waals surface area contributed by atoms with E-state index in [2.05, 4.69) is 0 Å². The van der Waals surface area contributed by atoms with Gasteiger partial charge in [-0.25, -0.2) is 13.2 Å². The van der Waals surface area contributed by atoms with Crippen LogP contribution in [-0.4, -0.2) is 13.2 Å². The predicted octanol–water partition coefficient (Wildman–Crippen LogP) is 3.98. The fourth-order valence-electron chi connectivity index (χ4n) is 0.833. The Morgan fingerprint density at radius 1 is 0.857 bits per heavy atom. The van der Waals surface area contributed by atoms with Crippen molar-refractivity contribution < 1.29 is 32.8 Å². The third-order valence-electron chi connectivity index (χ3n) is 1.40. The van der Waals surface area contributed by atoms with E-state index in [1.165, 1.54) is 12.8 Å². The maximum absolute atomic E-state index is 5.02. The average Bonchev–Trinajstić information content (AvgIpc) is 2.83. The molecule has 6 heteroatoms. The van der Waals surface area contributed by atoms with E-state index in [0.29, 0.717) is 0 Å². The van der Waals surface area contributed by atoms with Crippen LogP contribution in [0.15, 0.2) is 0 Å². The molecule has 0 aromatic carbocycles. The first-order valence-electron chi connectivity index (χ1n) is 4.52. The molecular weight excluding hydrogens is 323 g/mol. The molecule has 2 nitrogen and oxygen atoms in total. The van der Waals surface area contributed by atoms with Crippen molar-refractivity contribution in [2.24, 2.45) is 0 Å². The maximum atomic E-state index is 5.02. The summed E-state index contributed by atoms with van der Waals surface area (Å²) in [6.45, 7) is 5.61. The van der Waals surface area contributed by atoms with Crippen LogP contribution in [-0.2, 0) is 32.8 Å². The Balaban J connectivity index is 0.000000183. The van der Waals surface area contributed by atoms with Crippen molar-refractivity contribution in [2.45, 2.75) is 25.7 Å². The number of rotatable bonds is 0. The summed E-state index contributed by atoms with van der Waals surface area (Å²) < 4.78 is 9.64. The van der Waals surface area contributed by atoms with Crippen LogP contribution in [0, 0.1) is 13.2 Å². The molecule has 14 heavy (non-hydrogen) atoms. The van der Waals surface area contributed by atoms with E-state index in [-0.39, 0.29) is 0 Å². The molecule has 0 radical (unpaired) electrons. The van der Waals surface area contributed by atoms with E-state index < -0.39 is 23.3 Å². The number of hydrogen-bond donors (Lipinski definition) is 0. The standard InChI is InChI=1S/2C4H7O.3ClH.Y/c2*1-2-4-5-3-1;;;;/h2*3H,1-2,4H2;3*1H;/q2*-1;;;;+3/p-3. The SMILES string of the molecule is [CH-]1CCCO1.[CH-]1CCCO1.[Cl][Y]([Cl])[Cl]. The number of ether oxygens (including phenoxy) is 2. The van der Waals surface area contributed by atoms with E-state index in [1.54, 1.807) is 0 Å². The van der Waals surface area contributed by atoms with Gasteiger partial charge < -0.3 is 9.47 Å². The zero-order valence-electron chi connectivity index (χ0n) is 7.93. The van der Waals surface area contributed by atoms with E-state index in [0.717, 1.165) is 26.1 Å². The van der Waals surface area contributed by atoms with Gasteiger partial charge in [0.05, 0.1) is 0 Å².